The maximum atomic E-state index is 13.3. The lowest BCUT2D eigenvalue weighted by atomic mass is 9.85. The van der Waals surface area contributed by atoms with Crippen molar-refractivity contribution in [2.45, 2.75) is 50.5 Å². The number of allylic oxidation sites excluding steroid dienone is 1. The van der Waals surface area contributed by atoms with Gasteiger partial charge in [-0.3, -0.25) is 4.79 Å². The molecule has 0 aliphatic carbocycles. The van der Waals surface area contributed by atoms with Crippen molar-refractivity contribution >= 4 is 23.4 Å². The maximum Gasteiger partial charge on any atom is 0.253 e. The van der Waals surface area contributed by atoms with Gasteiger partial charge in [-0.25, -0.2) is 4.39 Å². The Balaban J connectivity index is 1.43. The lowest BCUT2D eigenvalue weighted by Crippen LogP contribution is -2.47. The van der Waals surface area contributed by atoms with Crippen molar-refractivity contribution in [2.75, 3.05) is 25.4 Å². The molecule has 2 aromatic rings. The minimum Gasteiger partial charge on any atom is -0.398 e. The summed E-state index contributed by atoms with van der Waals surface area (Å²) in [5.74, 6) is -0.335. The van der Waals surface area contributed by atoms with Gasteiger partial charge in [0.2, 0.25) is 0 Å². The normalized spacial score (nSPS) is 21.1. The van der Waals surface area contributed by atoms with Crippen LogP contribution in [0.4, 0.5) is 10.1 Å². The number of hydrogen-bond donors (Lipinski definition) is 3. The molecule has 2 heterocycles. The highest BCUT2D eigenvalue weighted by atomic mass is 19.1. The largest absolute Gasteiger partial charge is 0.398 e. The van der Waals surface area contributed by atoms with Gasteiger partial charge in [0.15, 0.2) is 0 Å². The number of nitrogen functional groups attached to an aromatic ring is 1. The Morgan fingerprint density at radius 3 is 2.68 bits per heavy atom. The van der Waals surface area contributed by atoms with E-state index in [0.29, 0.717) is 50.1 Å². The fraction of sp³-hybridized carbons (Fsp3) is 0.407. The number of piperidine rings is 1. The molecule has 0 spiro atoms. The average Bonchev–Trinajstić information content (AvgIpc) is 2.84. The number of carbonyl (C=O) groups is 1. The van der Waals surface area contributed by atoms with Crippen LogP contribution in [-0.2, 0) is 6.42 Å². The van der Waals surface area contributed by atoms with E-state index in [1.807, 2.05) is 18.3 Å². The Hall–Kier alpha value is -3.19. The number of nitrogens with two attached hydrogens (primary N) is 1. The molecule has 7 heteroatoms. The molecule has 0 atom stereocenters. The quantitative estimate of drug-likeness (QED) is 0.593. The van der Waals surface area contributed by atoms with Crippen LogP contribution in [0.3, 0.4) is 0 Å². The third kappa shape index (κ3) is 6.03. The summed E-state index contributed by atoms with van der Waals surface area (Å²) in [4.78, 5) is 15.1. The summed E-state index contributed by atoms with van der Waals surface area (Å²) in [6.07, 6.45) is 9.35. The van der Waals surface area contributed by atoms with Gasteiger partial charge < -0.3 is 21.2 Å². The Bertz CT molecular complexity index is 1060. The summed E-state index contributed by atoms with van der Waals surface area (Å²) in [7, 11) is 0. The number of hydrogen-bond acceptors (Lipinski definition) is 5. The number of nitrogens with zero attached hydrogens (tertiary/aromatic N) is 2. The van der Waals surface area contributed by atoms with Crippen molar-refractivity contribution in [2.24, 2.45) is 5.10 Å². The summed E-state index contributed by atoms with van der Waals surface area (Å²) in [5, 5.41) is 15.2. The highest BCUT2D eigenvalue weighted by molar-refractivity contribution is 5.96. The third-order valence-electron chi connectivity index (χ3n) is 6.73. The Morgan fingerprint density at radius 1 is 1.15 bits per heavy atom. The molecule has 0 bridgehead atoms. The summed E-state index contributed by atoms with van der Waals surface area (Å²) < 4.78 is 13.2. The van der Waals surface area contributed by atoms with E-state index in [4.69, 9.17) is 5.73 Å². The second-order valence-corrected chi connectivity index (χ2v) is 9.27. The molecule has 34 heavy (non-hydrogen) atoms. The van der Waals surface area contributed by atoms with Gasteiger partial charge >= 0.3 is 0 Å². The molecule has 6 nitrogen and oxygen atoms in total. The topological polar surface area (TPSA) is 91.0 Å². The van der Waals surface area contributed by atoms with E-state index in [-0.39, 0.29) is 11.7 Å². The molecule has 1 fully saturated rings. The molecule has 2 aliphatic rings. The molecular weight excluding hydrogens is 431 g/mol. The molecule has 0 saturated carbocycles. The predicted octanol–water partition coefficient (Wildman–Crippen LogP) is 4.15. The molecule has 1 amide bonds. The van der Waals surface area contributed by atoms with Gasteiger partial charge in [-0.15, -0.1) is 0 Å². The van der Waals surface area contributed by atoms with E-state index in [9.17, 15) is 14.3 Å². The summed E-state index contributed by atoms with van der Waals surface area (Å²) in [5.41, 5.74) is 12.6. The molecule has 180 valence electrons. The van der Waals surface area contributed by atoms with Gasteiger partial charge in [-0.1, -0.05) is 18.2 Å². The predicted molar refractivity (Wildman–Crippen MR) is 134 cm³/mol. The van der Waals surface area contributed by atoms with Crippen molar-refractivity contribution in [1.29, 1.82) is 0 Å². The van der Waals surface area contributed by atoms with Gasteiger partial charge in [0.05, 0.1) is 12.1 Å². The Labute approximate surface area is 200 Å². The van der Waals surface area contributed by atoms with E-state index in [2.05, 4.69) is 16.6 Å². The Kier molecular flexibility index (Phi) is 7.63. The van der Waals surface area contributed by atoms with Crippen molar-refractivity contribution < 1.29 is 14.3 Å². The molecular formula is C27H33FN4O2. The van der Waals surface area contributed by atoms with Crippen molar-refractivity contribution in [1.82, 2.24) is 10.3 Å². The van der Waals surface area contributed by atoms with Crippen LogP contribution in [-0.4, -0.2) is 47.4 Å². The number of halogens is 1. The average molecular weight is 465 g/mol. The molecule has 4 N–H and O–H groups in total. The molecule has 2 aromatic carbocycles. The zero-order chi connectivity index (χ0) is 24.0. The van der Waals surface area contributed by atoms with E-state index in [0.717, 1.165) is 42.4 Å². The van der Waals surface area contributed by atoms with Crippen LogP contribution in [0.2, 0.25) is 0 Å². The zero-order valence-corrected chi connectivity index (χ0v) is 19.5. The number of aliphatic hydroxyl groups is 1. The third-order valence-corrected chi connectivity index (χ3v) is 6.73. The van der Waals surface area contributed by atoms with Crippen molar-refractivity contribution in [3.8, 4) is 0 Å². The Morgan fingerprint density at radius 2 is 1.91 bits per heavy atom. The second kappa shape index (κ2) is 10.8. The molecule has 1 saturated heterocycles. The first-order chi connectivity index (χ1) is 16.4. The van der Waals surface area contributed by atoms with E-state index >= 15 is 0 Å². The van der Waals surface area contributed by atoms with Crippen LogP contribution in [0.5, 0.6) is 0 Å². The van der Waals surface area contributed by atoms with Gasteiger partial charge in [0, 0.05) is 42.5 Å². The first-order valence-corrected chi connectivity index (χ1v) is 12.0. The van der Waals surface area contributed by atoms with Crippen molar-refractivity contribution in [3.05, 3.63) is 71.0 Å². The first-order valence-electron chi connectivity index (χ1n) is 12.0. The SMILES string of the molecule is Nc1ccc(C(=O)N2CCC(O)(Cc3ccc(F)cc3)CC2)cc1/C1=C/CN/N=C\CCCC1. The maximum absolute atomic E-state index is 13.3. The number of hydrazone groups is 1. The number of likely N-dealkylation sites (tertiary alicyclic amines) is 1. The molecule has 0 unspecified atom stereocenters. The van der Waals surface area contributed by atoms with Crippen molar-refractivity contribution in [3.63, 3.8) is 0 Å². The summed E-state index contributed by atoms with van der Waals surface area (Å²) >= 11 is 0. The number of nitrogens with one attached hydrogen (secondary N) is 1. The summed E-state index contributed by atoms with van der Waals surface area (Å²) in [6, 6.07) is 11.7. The van der Waals surface area contributed by atoms with Gasteiger partial charge in [0.25, 0.3) is 5.91 Å². The lowest BCUT2D eigenvalue weighted by Gasteiger charge is -2.38. The van der Waals surface area contributed by atoms with Crippen LogP contribution in [0.25, 0.3) is 5.57 Å². The molecule has 0 radical (unpaired) electrons. The van der Waals surface area contributed by atoms with E-state index in [1.54, 1.807) is 23.1 Å². The standard InChI is InChI=1S/C27H33FN4O2/c28-23-8-5-20(6-9-23)19-27(34)12-16-32(17-13-27)26(33)22-7-10-25(29)24(18-22)21-4-2-1-3-14-30-31-15-11-21/h5-11,14,18,31,34H,1-4,12-13,15-17,19,29H2/b21-11+,30-14-. The lowest BCUT2D eigenvalue weighted by molar-refractivity contribution is -0.0162. The van der Waals surface area contributed by atoms with Gasteiger partial charge in [0.1, 0.15) is 5.82 Å². The fourth-order valence-electron chi connectivity index (χ4n) is 4.68. The fourth-order valence-corrected chi connectivity index (χ4v) is 4.68. The highest BCUT2D eigenvalue weighted by Gasteiger charge is 2.34. The number of benzene rings is 2. The molecule has 2 aliphatic heterocycles. The minimum atomic E-state index is -0.892. The first kappa shape index (κ1) is 24.0. The number of anilines is 1. The van der Waals surface area contributed by atoms with E-state index < -0.39 is 5.60 Å². The monoisotopic (exact) mass is 464 g/mol. The van der Waals surface area contributed by atoms with Crippen LogP contribution in [0.1, 0.15) is 60.0 Å². The molecule has 4 rings (SSSR count). The van der Waals surface area contributed by atoms with Gasteiger partial charge in [-0.2, -0.15) is 5.10 Å². The highest BCUT2D eigenvalue weighted by Crippen LogP contribution is 2.30. The second-order valence-electron chi connectivity index (χ2n) is 9.27. The molecule has 0 aromatic heterocycles. The van der Waals surface area contributed by atoms with Crippen LogP contribution < -0.4 is 11.2 Å². The van der Waals surface area contributed by atoms with Crippen LogP contribution in [0, 0.1) is 5.82 Å². The number of amides is 1. The van der Waals surface area contributed by atoms with Crippen LogP contribution >= 0.6 is 0 Å². The van der Waals surface area contributed by atoms with E-state index in [1.165, 1.54) is 12.1 Å². The number of carbonyl (C=O) groups excluding carboxylic acids is 1. The minimum absolute atomic E-state index is 0.0479. The zero-order valence-electron chi connectivity index (χ0n) is 19.5. The smallest absolute Gasteiger partial charge is 0.253 e. The van der Waals surface area contributed by atoms with Gasteiger partial charge in [-0.05, 0) is 80.0 Å². The van der Waals surface area contributed by atoms with Crippen LogP contribution in [0.15, 0.2) is 53.6 Å². The summed E-state index contributed by atoms with van der Waals surface area (Å²) in [6.45, 7) is 1.56. The number of rotatable bonds is 4.